The highest BCUT2D eigenvalue weighted by Crippen LogP contribution is 2.31. The standard InChI is InChI=1S/C12H12I3N3O5/c13-7-4(10(16)21)8(14)6(9(15)5(7)11(17)22)12(23)18-1-3(20)2-19/h3,19-20H,1-2H2,(H2,16,21)(H2,17,22)(H,18,23). The molecule has 1 aromatic carbocycles. The van der Waals surface area contributed by atoms with E-state index in [4.69, 9.17) is 16.6 Å². The van der Waals surface area contributed by atoms with Crippen molar-refractivity contribution in [1.82, 2.24) is 5.32 Å². The molecule has 1 aromatic rings. The van der Waals surface area contributed by atoms with Gasteiger partial charge in [0.15, 0.2) is 0 Å². The maximum Gasteiger partial charge on any atom is 0.253 e. The van der Waals surface area contributed by atoms with E-state index in [-0.39, 0.29) is 33.9 Å². The fourth-order valence-corrected chi connectivity index (χ4v) is 6.38. The zero-order chi connectivity index (χ0) is 17.9. The van der Waals surface area contributed by atoms with Crippen LogP contribution in [0.4, 0.5) is 0 Å². The summed E-state index contributed by atoms with van der Waals surface area (Å²) in [6.45, 7) is -0.703. The first-order chi connectivity index (χ1) is 10.6. The minimum Gasteiger partial charge on any atom is -0.394 e. The summed E-state index contributed by atoms with van der Waals surface area (Å²) in [4.78, 5) is 35.7. The number of nitrogens with one attached hydrogen (secondary N) is 1. The Labute approximate surface area is 172 Å². The number of benzene rings is 1. The Kier molecular flexibility index (Phi) is 7.88. The molecule has 23 heavy (non-hydrogen) atoms. The molecular weight excluding hydrogens is 647 g/mol. The lowest BCUT2D eigenvalue weighted by atomic mass is 10.0. The summed E-state index contributed by atoms with van der Waals surface area (Å²) in [5, 5.41) is 20.5. The Hall–Kier alpha value is -0.260. The molecule has 7 N–H and O–H groups in total. The molecule has 1 rings (SSSR count). The van der Waals surface area contributed by atoms with E-state index in [0.717, 1.165) is 0 Å². The molecule has 0 aliphatic heterocycles. The van der Waals surface area contributed by atoms with E-state index in [1.807, 2.05) is 0 Å². The number of hydrogen-bond acceptors (Lipinski definition) is 5. The number of halogens is 3. The number of rotatable bonds is 6. The highest BCUT2D eigenvalue weighted by atomic mass is 127. The second-order valence-electron chi connectivity index (χ2n) is 4.34. The van der Waals surface area contributed by atoms with Crippen LogP contribution >= 0.6 is 67.8 Å². The maximum atomic E-state index is 12.3. The third-order valence-electron chi connectivity index (χ3n) is 2.75. The van der Waals surface area contributed by atoms with Crippen LogP contribution in [-0.2, 0) is 0 Å². The van der Waals surface area contributed by atoms with E-state index >= 15 is 0 Å². The Morgan fingerprint density at radius 3 is 1.70 bits per heavy atom. The number of primary amides is 2. The number of nitrogens with two attached hydrogens (primary N) is 2. The molecule has 8 nitrogen and oxygen atoms in total. The molecule has 1 unspecified atom stereocenters. The van der Waals surface area contributed by atoms with Crippen LogP contribution < -0.4 is 16.8 Å². The molecule has 0 saturated heterocycles. The third-order valence-corrected chi connectivity index (χ3v) is 5.98. The van der Waals surface area contributed by atoms with Crippen LogP contribution in [0.25, 0.3) is 0 Å². The molecular formula is C12H12I3N3O5. The van der Waals surface area contributed by atoms with Crippen LogP contribution in [0, 0.1) is 10.7 Å². The normalized spacial score (nSPS) is 11.9. The Morgan fingerprint density at radius 2 is 1.35 bits per heavy atom. The Morgan fingerprint density at radius 1 is 0.957 bits per heavy atom. The summed E-state index contributed by atoms with van der Waals surface area (Å²) in [7, 11) is 0. The van der Waals surface area contributed by atoms with Crippen LogP contribution in [-0.4, -0.2) is 47.2 Å². The lowest BCUT2D eigenvalue weighted by Crippen LogP contribution is -2.36. The summed E-state index contributed by atoms with van der Waals surface area (Å²) >= 11 is 5.37. The van der Waals surface area contributed by atoms with E-state index in [2.05, 4.69) is 5.32 Å². The number of carbonyl (C=O) groups is 3. The molecule has 0 fully saturated rings. The maximum absolute atomic E-state index is 12.3. The first kappa shape index (κ1) is 20.8. The quantitative estimate of drug-likeness (QED) is 0.268. The van der Waals surface area contributed by atoms with E-state index in [0.29, 0.717) is 0 Å². The van der Waals surface area contributed by atoms with Gasteiger partial charge in [0.1, 0.15) is 0 Å². The van der Waals surface area contributed by atoms with Gasteiger partial charge in [0.2, 0.25) is 0 Å². The summed E-state index contributed by atoms with van der Waals surface area (Å²) in [5.41, 5.74) is 10.8. The van der Waals surface area contributed by atoms with Gasteiger partial charge in [-0.25, -0.2) is 0 Å². The minimum atomic E-state index is -1.12. The summed E-state index contributed by atoms with van der Waals surface area (Å²) in [6.07, 6.45) is -1.12. The van der Waals surface area contributed by atoms with Crippen molar-refractivity contribution in [1.29, 1.82) is 0 Å². The Bertz CT molecular complexity index is 639. The van der Waals surface area contributed by atoms with E-state index in [1.165, 1.54) is 0 Å². The molecule has 0 heterocycles. The van der Waals surface area contributed by atoms with Crippen LogP contribution in [0.3, 0.4) is 0 Å². The number of hydrogen-bond donors (Lipinski definition) is 5. The van der Waals surface area contributed by atoms with Gasteiger partial charge in [-0.3, -0.25) is 14.4 Å². The van der Waals surface area contributed by atoms with Crippen molar-refractivity contribution in [2.75, 3.05) is 13.2 Å². The van der Waals surface area contributed by atoms with Gasteiger partial charge >= 0.3 is 0 Å². The number of aliphatic hydroxyl groups is 2. The fraction of sp³-hybridized carbons (Fsp3) is 0.250. The average molecular weight is 659 g/mol. The van der Waals surface area contributed by atoms with Crippen LogP contribution in [0.5, 0.6) is 0 Å². The zero-order valence-corrected chi connectivity index (χ0v) is 17.9. The second-order valence-corrected chi connectivity index (χ2v) is 7.58. The van der Waals surface area contributed by atoms with E-state index in [1.54, 1.807) is 67.8 Å². The first-order valence-electron chi connectivity index (χ1n) is 6.00. The Balaban J connectivity index is 3.50. The van der Waals surface area contributed by atoms with E-state index in [9.17, 15) is 19.5 Å². The molecule has 0 radical (unpaired) electrons. The summed E-state index contributed by atoms with van der Waals surface area (Å²) < 4.78 is 0.845. The van der Waals surface area contributed by atoms with Gasteiger partial charge in [0.25, 0.3) is 17.7 Å². The summed E-state index contributed by atoms with van der Waals surface area (Å²) in [5.74, 6) is -2.20. The van der Waals surface area contributed by atoms with Crippen LogP contribution in [0.2, 0.25) is 0 Å². The van der Waals surface area contributed by atoms with Crippen molar-refractivity contribution in [2.45, 2.75) is 6.10 Å². The SMILES string of the molecule is NC(=O)c1c(I)c(C(N)=O)c(I)c(C(=O)NCC(O)CO)c1I. The zero-order valence-electron chi connectivity index (χ0n) is 11.4. The fourth-order valence-electron chi connectivity index (χ4n) is 1.66. The minimum absolute atomic E-state index is 0.0354. The van der Waals surface area contributed by atoms with Crippen molar-refractivity contribution >= 4 is 85.5 Å². The molecule has 11 heteroatoms. The highest BCUT2D eigenvalue weighted by Gasteiger charge is 2.28. The predicted octanol–water partition coefficient (Wildman–Crippen LogP) is -0.219. The summed E-state index contributed by atoms with van der Waals surface area (Å²) in [6, 6.07) is 0. The molecule has 126 valence electrons. The smallest absolute Gasteiger partial charge is 0.253 e. The molecule has 1 atom stereocenters. The van der Waals surface area contributed by atoms with Crippen LogP contribution in [0.15, 0.2) is 0 Å². The van der Waals surface area contributed by atoms with E-state index < -0.39 is 30.4 Å². The van der Waals surface area contributed by atoms with Crippen molar-refractivity contribution in [2.24, 2.45) is 11.5 Å². The molecule has 3 amide bonds. The molecule has 0 saturated carbocycles. The van der Waals surface area contributed by atoms with Gasteiger partial charge in [-0.1, -0.05) is 0 Å². The highest BCUT2D eigenvalue weighted by molar-refractivity contribution is 14.1. The largest absolute Gasteiger partial charge is 0.394 e. The van der Waals surface area contributed by atoms with Gasteiger partial charge in [0, 0.05) is 17.3 Å². The van der Waals surface area contributed by atoms with Crippen molar-refractivity contribution in [3.05, 3.63) is 27.4 Å². The molecule has 0 spiro atoms. The molecule has 0 aliphatic carbocycles. The second kappa shape index (κ2) is 8.72. The topological polar surface area (TPSA) is 156 Å². The molecule has 0 aliphatic rings. The van der Waals surface area contributed by atoms with Gasteiger partial charge in [-0.15, -0.1) is 0 Å². The van der Waals surface area contributed by atoms with Gasteiger partial charge in [-0.05, 0) is 67.8 Å². The van der Waals surface area contributed by atoms with Crippen molar-refractivity contribution < 1.29 is 24.6 Å². The van der Waals surface area contributed by atoms with Gasteiger partial charge < -0.3 is 27.0 Å². The molecule has 0 aromatic heterocycles. The number of amides is 3. The number of carbonyl (C=O) groups excluding carboxylic acids is 3. The van der Waals surface area contributed by atoms with Gasteiger partial charge in [0.05, 0.1) is 29.4 Å². The number of aliphatic hydroxyl groups excluding tert-OH is 2. The lowest BCUT2D eigenvalue weighted by Gasteiger charge is -2.17. The van der Waals surface area contributed by atoms with Gasteiger partial charge in [-0.2, -0.15) is 0 Å². The van der Waals surface area contributed by atoms with Crippen molar-refractivity contribution in [3.8, 4) is 0 Å². The molecule has 0 bridgehead atoms. The monoisotopic (exact) mass is 659 g/mol. The lowest BCUT2D eigenvalue weighted by molar-refractivity contribution is 0.0800. The average Bonchev–Trinajstić information content (AvgIpc) is 2.43. The first-order valence-corrected chi connectivity index (χ1v) is 9.24. The predicted molar refractivity (Wildman–Crippen MR) is 107 cm³/mol. The van der Waals surface area contributed by atoms with Crippen molar-refractivity contribution in [3.63, 3.8) is 0 Å². The third kappa shape index (κ3) is 4.64. The van der Waals surface area contributed by atoms with Crippen LogP contribution in [0.1, 0.15) is 31.1 Å².